The SMILES string of the molecule is CSCCC(NC(=O)C(C)NC(=O)C(N)Cc1c[nH]c2ccccc12)C(=O)NC(CS)C(=O)O. The molecule has 3 amide bonds. The van der Waals surface area contributed by atoms with Gasteiger partial charge in [0.15, 0.2) is 0 Å². The van der Waals surface area contributed by atoms with Gasteiger partial charge in [-0.1, -0.05) is 18.2 Å². The Morgan fingerprint density at radius 2 is 1.76 bits per heavy atom. The zero-order chi connectivity index (χ0) is 25.3. The van der Waals surface area contributed by atoms with Crippen molar-refractivity contribution in [2.24, 2.45) is 5.73 Å². The molecule has 1 aromatic carbocycles. The average Bonchev–Trinajstić information content (AvgIpc) is 3.22. The molecule has 10 nitrogen and oxygen atoms in total. The number of fused-ring (bicyclic) bond motifs is 1. The number of benzene rings is 1. The summed E-state index contributed by atoms with van der Waals surface area (Å²) >= 11 is 5.41. The van der Waals surface area contributed by atoms with E-state index in [9.17, 15) is 19.2 Å². The van der Waals surface area contributed by atoms with Crippen molar-refractivity contribution in [3.05, 3.63) is 36.0 Å². The van der Waals surface area contributed by atoms with Crippen LogP contribution in [0.5, 0.6) is 0 Å². The number of thiol groups is 1. The molecule has 0 aliphatic carbocycles. The van der Waals surface area contributed by atoms with Crippen LogP contribution in [0.1, 0.15) is 18.9 Å². The number of aromatic nitrogens is 1. The Labute approximate surface area is 207 Å². The summed E-state index contributed by atoms with van der Waals surface area (Å²) in [4.78, 5) is 52.1. The molecule has 2 rings (SSSR count). The second kappa shape index (κ2) is 13.3. The van der Waals surface area contributed by atoms with Crippen molar-refractivity contribution in [2.45, 2.75) is 43.9 Å². The highest BCUT2D eigenvalue weighted by atomic mass is 32.2. The van der Waals surface area contributed by atoms with E-state index in [4.69, 9.17) is 10.8 Å². The molecule has 34 heavy (non-hydrogen) atoms. The van der Waals surface area contributed by atoms with Crippen molar-refractivity contribution < 1.29 is 24.3 Å². The summed E-state index contributed by atoms with van der Waals surface area (Å²) < 4.78 is 0. The van der Waals surface area contributed by atoms with Crippen LogP contribution in [0.15, 0.2) is 30.5 Å². The minimum atomic E-state index is -1.22. The van der Waals surface area contributed by atoms with Gasteiger partial charge in [0.25, 0.3) is 0 Å². The molecule has 0 spiro atoms. The summed E-state index contributed by atoms with van der Waals surface area (Å²) in [7, 11) is 0. The van der Waals surface area contributed by atoms with Crippen molar-refractivity contribution in [2.75, 3.05) is 17.8 Å². The van der Waals surface area contributed by atoms with Crippen molar-refractivity contribution in [3.63, 3.8) is 0 Å². The Balaban J connectivity index is 1.96. The standard InChI is InChI=1S/C22H31N5O5S2/c1-12(19(28)26-17(7-8-34-2)21(30)27-18(11-33)22(31)32)25-20(29)15(23)9-13-10-24-16-6-4-3-5-14(13)16/h3-6,10,12,15,17-18,24,33H,7-9,11,23H2,1-2H3,(H,25,29)(H,26,28)(H,27,30)(H,31,32). The number of aromatic amines is 1. The fourth-order valence-electron chi connectivity index (χ4n) is 3.28. The lowest BCUT2D eigenvalue weighted by Crippen LogP contribution is -2.56. The van der Waals surface area contributed by atoms with Gasteiger partial charge in [-0.2, -0.15) is 24.4 Å². The molecule has 12 heteroatoms. The van der Waals surface area contributed by atoms with E-state index in [1.807, 2.05) is 30.5 Å². The Morgan fingerprint density at radius 3 is 2.41 bits per heavy atom. The minimum absolute atomic E-state index is 0.0922. The van der Waals surface area contributed by atoms with E-state index in [2.05, 4.69) is 33.6 Å². The van der Waals surface area contributed by atoms with Gasteiger partial charge in [-0.3, -0.25) is 14.4 Å². The zero-order valence-electron chi connectivity index (χ0n) is 19.0. The van der Waals surface area contributed by atoms with Crippen LogP contribution in [0, 0.1) is 0 Å². The third-order valence-electron chi connectivity index (χ3n) is 5.24. The van der Waals surface area contributed by atoms with Gasteiger partial charge in [0, 0.05) is 22.9 Å². The molecule has 0 saturated carbocycles. The Kier molecular flexibility index (Phi) is 10.7. The van der Waals surface area contributed by atoms with E-state index in [1.54, 1.807) is 6.20 Å². The predicted octanol–water partition coefficient (Wildman–Crippen LogP) is 0.280. The Morgan fingerprint density at radius 1 is 1.09 bits per heavy atom. The maximum absolute atomic E-state index is 12.7. The molecule has 4 atom stereocenters. The number of rotatable bonds is 13. The first-order valence-corrected chi connectivity index (χ1v) is 12.7. The molecular weight excluding hydrogens is 478 g/mol. The van der Waals surface area contributed by atoms with Gasteiger partial charge in [0.2, 0.25) is 17.7 Å². The highest BCUT2D eigenvalue weighted by molar-refractivity contribution is 7.98. The first kappa shape index (κ1) is 27.5. The van der Waals surface area contributed by atoms with Crippen LogP contribution in [-0.2, 0) is 25.6 Å². The van der Waals surface area contributed by atoms with Gasteiger partial charge in [-0.25, -0.2) is 4.79 Å². The Bertz CT molecular complexity index is 1010. The largest absolute Gasteiger partial charge is 0.480 e. The van der Waals surface area contributed by atoms with Crippen molar-refractivity contribution in [1.82, 2.24) is 20.9 Å². The summed E-state index contributed by atoms with van der Waals surface area (Å²) in [5.74, 6) is -2.45. The number of carbonyl (C=O) groups excluding carboxylic acids is 3. The van der Waals surface area contributed by atoms with E-state index in [1.165, 1.54) is 18.7 Å². The van der Waals surface area contributed by atoms with E-state index in [0.717, 1.165) is 16.5 Å². The summed E-state index contributed by atoms with van der Waals surface area (Å²) in [6.45, 7) is 1.49. The van der Waals surface area contributed by atoms with Crippen LogP contribution in [0.2, 0.25) is 0 Å². The number of hydrogen-bond donors (Lipinski definition) is 7. The topological polar surface area (TPSA) is 166 Å². The first-order valence-electron chi connectivity index (χ1n) is 10.7. The monoisotopic (exact) mass is 509 g/mol. The number of nitrogens with two attached hydrogens (primary N) is 1. The molecule has 0 saturated heterocycles. The second-order valence-electron chi connectivity index (χ2n) is 7.83. The number of carboxylic acid groups (broad SMARTS) is 1. The van der Waals surface area contributed by atoms with Crippen LogP contribution in [0.3, 0.4) is 0 Å². The van der Waals surface area contributed by atoms with Crippen LogP contribution in [0.25, 0.3) is 10.9 Å². The van der Waals surface area contributed by atoms with Crippen LogP contribution >= 0.6 is 24.4 Å². The summed E-state index contributed by atoms with van der Waals surface area (Å²) in [5, 5.41) is 17.6. The number of hydrogen-bond acceptors (Lipinski definition) is 7. The normalized spacial score (nSPS) is 14.6. The molecule has 0 aliphatic rings. The minimum Gasteiger partial charge on any atom is -0.480 e. The molecule has 186 valence electrons. The van der Waals surface area contributed by atoms with Crippen LogP contribution in [0.4, 0.5) is 0 Å². The van der Waals surface area contributed by atoms with Crippen molar-refractivity contribution >= 4 is 59.0 Å². The predicted molar refractivity (Wildman–Crippen MR) is 136 cm³/mol. The average molecular weight is 510 g/mol. The summed E-state index contributed by atoms with van der Waals surface area (Å²) in [5.41, 5.74) is 7.90. The van der Waals surface area contributed by atoms with Crippen LogP contribution in [-0.4, -0.2) is 75.7 Å². The maximum Gasteiger partial charge on any atom is 0.327 e. The van der Waals surface area contributed by atoms with Gasteiger partial charge in [-0.15, -0.1) is 0 Å². The molecule has 0 aliphatic heterocycles. The molecule has 7 N–H and O–H groups in total. The molecule has 1 aromatic heterocycles. The van der Waals surface area contributed by atoms with Crippen molar-refractivity contribution in [3.8, 4) is 0 Å². The molecule has 0 fully saturated rings. The van der Waals surface area contributed by atoms with E-state index in [0.29, 0.717) is 12.2 Å². The lowest BCUT2D eigenvalue weighted by molar-refractivity contribution is -0.141. The highest BCUT2D eigenvalue weighted by Gasteiger charge is 2.28. The fraction of sp³-hybridized carbons (Fsp3) is 0.455. The van der Waals surface area contributed by atoms with Gasteiger partial charge < -0.3 is 31.8 Å². The number of H-pyrrole nitrogens is 1. The van der Waals surface area contributed by atoms with Gasteiger partial charge >= 0.3 is 5.97 Å². The molecule has 0 radical (unpaired) electrons. The van der Waals surface area contributed by atoms with E-state index in [-0.39, 0.29) is 12.2 Å². The third-order valence-corrected chi connectivity index (χ3v) is 6.25. The van der Waals surface area contributed by atoms with Crippen LogP contribution < -0.4 is 21.7 Å². The van der Waals surface area contributed by atoms with Gasteiger partial charge in [0.05, 0.1) is 6.04 Å². The number of carboxylic acids is 1. The number of thioether (sulfide) groups is 1. The zero-order valence-corrected chi connectivity index (χ0v) is 20.7. The number of amides is 3. The van der Waals surface area contributed by atoms with Gasteiger partial charge in [0.1, 0.15) is 18.1 Å². The quantitative estimate of drug-likeness (QED) is 0.190. The lowest BCUT2D eigenvalue weighted by Gasteiger charge is -2.23. The molecule has 4 unspecified atom stereocenters. The molecule has 2 aromatic rings. The lowest BCUT2D eigenvalue weighted by atomic mass is 10.0. The van der Waals surface area contributed by atoms with E-state index < -0.39 is 47.9 Å². The molecule has 0 bridgehead atoms. The maximum atomic E-state index is 12.7. The number of aliphatic carboxylic acids is 1. The third kappa shape index (κ3) is 7.67. The number of para-hydroxylation sites is 1. The molecule has 1 heterocycles. The fourth-order valence-corrected chi connectivity index (χ4v) is 3.99. The summed E-state index contributed by atoms with van der Waals surface area (Å²) in [6, 6.07) is 3.70. The van der Waals surface area contributed by atoms with Gasteiger partial charge in [-0.05, 0) is 43.4 Å². The number of nitrogens with one attached hydrogen (secondary N) is 4. The van der Waals surface area contributed by atoms with E-state index >= 15 is 0 Å². The number of carbonyl (C=O) groups is 4. The second-order valence-corrected chi connectivity index (χ2v) is 9.18. The smallest absolute Gasteiger partial charge is 0.327 e. The first-order chi connectivity index (χ1) is 16.2. The van der Waals surface area contributed by atoms with Crippen molar-refractivity contribution in [1.29, 1.82) is 0 Å². The highest BCUT2D eigenvalue weighted by Crippen LogP contribution is 2.18. The summed E-state index contributed by atoms with van der Waals surface area (Å²) in [6.07, 6.45) is 4.22. The molecular formula is C22H31N5O5S2. The Hall–Kier alpha value is -2.70.